The van der Waals surface area contributed by atoms with Gasteiger partial charge in [0.25, 0.3) is 0 Å². The van der Waals surface area contributed by atoms with Gasteiger partial charge in [0.05, 0.1) is 0 Å². The summed E-state index contributed by atoms with van der Waals surface area (Å²) in [7, 11) is 0. The van der Waals surface area contributed by atoms with E-state index in [9.17, 15) is 0 Å². The Balaban J connectivity index is 0.000000810. The van der Waals surface area contributed by atoms with Crippen molar-refractivity contribution in [2.24, 2.45) is 0 Å². The normalized spacial score (nSPS) is 16.1. The first-order valence-electron chi connectivity index (χ1n) is 5.43. The van der Waals surface area contributed by atoms with Crippen LogP contribution in [0.15, 0.2) is 57.9 Å². The minimum absolute atomic E-state index is 0. The van der Waals surface area contributed by atoms with Gasteiger partial charge >= 0.3 is 111 Å². The number of halogens is 2. The van der Waals surface area contributed by atoms with Crippen molar-refractivity contribution in [2.75, 3.05) is 0 Å². The fraction of sp³-hybridized carbons (Fsp3) is 0.0667. The predicted octanol–water partition coefficient (Wildman–Crippen LogP) is -2.27. The van der Waals surface area contributed by atoms with Crippen LogP contribution in [0.2, 0.25) is 0 Å². The molecule has 0 aromatic heterocycles. The maximum absolute atomic E-state index is 2.34. The standard InChI is InChI=1S/C15H11.2HI.Zr/c1-2-6-12(7-3-1)15-11-10-13-8-4-5-9-14(13)15;;;/h1-10,15H;2*1H;/q;;;+2/p-2. The third-order valence-electron chi connectivity index (χ3n) is 3.06. The second-order valence-corrected chi connectivity index (χ2v) is 5.49. The van der Waals surface area contributed by atoms with Crippen molar-refractivity contribution in [3.8, 4) is 0 Å². The Morgan fingerprint density at radius 3 is 2.11 bits per heavy atom. The van der Waals surface area contributed by atoms with E-state index in [4.69, 9.17) is 0 Å². The second kappa shape index (κ2) is 7.34. The summed E-state index contributed by atoms with van der Waals surface area (Å²) in [6, 6.07) is 19.5. The molecule has 3 heteroatoms. The number of hydrogen-bond acceptors (Lipinski definition) is 0. The third kappa shape index (κ3) is 3.16. The van der Waals surface area contributed by atoms with Crippen LogP contribution in [-0.4, -0.2) is 0 Å². The summed E-state index contributed by atoms with van der Waals surface area (Å²) >= 11 is 1.52. The van der Waals surface area contributed by atoms with E-state index in [1.807, 2.05) is 0 Å². The van der Waals surface area contributed by atoms with Crippen molar-refractivity contribution in [1.29, 1.82) is 0 Å². The van der Waals surface area contributed by atoms with Crippen LogP contribution in [0, 0.1) is 0 Å². The van der Waals surface area contributed by atoms with E-state index in [1.54, 1.807) is 0 Å². The van der Waals surface area contributed by atoms with Crippen molar-refractivity contribution < 1.29 is 72.7 Å². The van der Waals surface area contributed by atoms with E-state index in [-0.39, 0.29) is 48.0 Å². The molecule has 1 aliphatic rings. The molecule has 0 radical (unpaired) electrons. The van der Waals surface area contributed by atoms with Gasteiger partial charge < -0.3 is 48.0 Å². The topological polar surface area (TPSA) is 0 Å². The van der Waals surface area contributed by atoms with Gasteiger partial charge in [-0.2, -0.15) is 0 Å². The molecule has 18 heavy (non-hydrogen) atoms. The summed E-state index contributed by atoms with van der Waals surface area (Å²) in [5.41, 5.74) is 4.26. The van der Waals surface area contributed by atoms with Gasteiger partial charge in [0.2, 0.25) is 0 Å². The molecule has 0 bridgehead atoms. The van der Waals surface area contributed by atoms with Crippen LogP contribution in [0.3, 0.4) is 0 Å². The predicted molar refractivity (Wildman–Crippen MR) is 62.7 cm³/mol. The molecule has 0 heterocycles. The Hall–Kier alpha value is 0.523. The molecule has 1 aliphatic carbocycles. The Labute approximate surface area is 157 Å². The summed E-state index contributed by atoms with van der Waals surface area (Å²) in [5, 5.41) is 0. The molecule has 1 unspecified atom stereocenters. The average Bonchev–Trinajstić information content (AvgIpc) is 2.66. The number of rotatable bonds is 1. The van der Waals surface area contributed by atoms with Crippen molar-refractivity contribution in [1.82, 2.24) is 0 Å². The van der Waals surface area contributed by atoms with Gasteiger partial charge in [0, 0.05) is 0 Å². The van der Waals surface area contributed by atoms with Gasteiger partial charge in [-0.15, -0.1) is 0 Å². The third-order valence-corrected chi connectivity index (χ3v) is 4.13. The van der Waals surface area contributed by atoms with E-state index in [0.717, 1.165) is 0 Å². The van der Waals surface area contributed by atoms with Crippen LogP contribution in [-0.2, 0) is 24.7 Å². The zero-order valence-corrected chi connectivity index (χ0v) is 16.4. The van der Waals surface area contributed by atoms with Crippen LogP contribution in [0.1, 0.15) is 22.6 Å². The first-order valence-corrected chi connectivity index (χ1v) is 6.66. The van der Waals surface area contributed by atoms with Crippen molar-refractivity contribution in [3.63, 3.8) is 0 Å². The molecule has 0 nitrogen and oxygen atoms in total. The average molecular weight is 536 g/mol. The molecule has 2 aromatic rings. The summed E-state index contributed by atoms with van der Waals surface area (Å²) in [6.07, 6.45) is 2.34. The van der Waals surface area contributed by atoms with Gasteiger partial charge in [-0.3, -0.25) is 0 Å². The minimum atomic E-state index is 0. The molecule has 0 amide bonds. The zero-order valence-electron chi connectivity index (χ0n) is 9.61. The molecule has 3 rings (SSSR count). The van der Waals surface area contributed by atoms with E-state index in [0.29, 0.717) is 5.92 Å². The first kappa shape index (κ1) is 16.6. The second-order valence-electron chi connectivity index (χ2n) is 4.07. The number of hydrogen-bond donors (Lipinski definition) is 0. The van der Waals surface area contributed by atoms with Crippen molar-refractivity contribution >= 4 is 6.08 Å². The molecular weight excluding hydrogens is 525 g/mol. The van der Waals surface area contributed by atoms with E-state index < -0.39 is 0 Å². The molecule has 0 spiro atoms. The Morgan fingerprint density at radius 2 is 1.39 bits per heavy atom. The first-order chi connectivity index (χ1) is 7.86. The molecule has 0 fully saturated rings. The maximum atomic E-state index is 2.34. The van der Waals surface area contributed by atoms with Crippen LogP contribution in [0.4, 0.5) is 0 Å². The summed E-state index contributed by atoms with van der Waals surface area (Å²) < 4.78 is 1.53. The number of allylic oxidation sites excluding steroid dienone is 1. The summed E-state index contributed by atoms with van der Waals surface area (Å²) in [6.45, 7) is 0. The van der Waals surface area contributed by atoms with Crippen molar-refractivity contribution in [3.05, 3.63) is 74.6 Å². The monoisotopic (exact) mass is 535 g/mol. The van der Waals surface area contributed by atoms with Gasteiger partial charge in [-0.05, 0) is 0 Å². The molecule has 1 atom stereocenters. The van der Waals surface area contributed by atoms with Gasteiger partial charge in [0.15, 0.2) is 0 Å². The van der Waals surface area contributed by atoms with Crippen LogP contribution >= 0.6 is 0 Å². The quantitative estimate of drug-likeness (QED) is 0.361. The molecule has 0 saturated carbocycles. The van der Waals surface area contributed by atoms with Crippen LogP contribution in [0.5, 0.6) is 0 Å². The molecule has 0 N–H and O–H groups in total. The summed E-state index contributed by atoms with van der Waals surface area (Å²) in [4.78, 5) is 0. The van der Waals surface area contributed by atoms with Gasteiger partial charge in [-0.25, -0.2) is 0 Å². The Morgan fingerprint density at radius 1 is 0.778 bits per heavy atom. The molecular formula is C15H11I2Zr. The molecule has 89 valence electrons. The molecule has 0 aliphatic heterocycles. The number of fused-ring (bicyclic) bond motifs is 1. The Bertz CT molecular complexity index is 549. The zero-order chi connectivity index (χ0) is 11.0. The van der Waals surface area contributed by atoms with Crippen molar-refractivity contribution in [2.45, 2.75) is 5.92 Å². The number of benzene rings is 2. The van der Waals surface area contributed by atoms with Crippen LogP contribution < -0.4 is 48.0 Å². The SMILES string of the molecule is [I-].[I-].[Zr+2][C]1=Cc2ccccc2C1c1ccccc1. The van der Waals surface area contributed by atoms with E-state index in [2.05, 4.69) is 60.7 Å². The fourth-order valence-electron chi connectivity index (χ4n) is 2.33. The Kier molecular flexibility index (Phi) is 6.76. The summed E-state index contributed by atoms with van der Waals surface area (Å²) in [5.74, 6) is 0.496. The fourth-order valence-corrected chi connectivity index (χ4v) is 3.50. The van der Waals surface area contributed by atoms with Gasteiger partial charge in [-0.1, -0.05) is 0 Å². The van der Waals surface area contributed by atoms with E-state index in [1.165, 1.54) is 44.7 Å². The molecule has 2 aromatic carbocycles. The van der Waals surface area contributed by atoms with Gasteiger partial charge in [0.1, 0.15) is 0 Å². The van der Waals surface area contributed by atoms with Crippen LogP contribution in [0.25, 0.3) is 6.08 Å². The molecule has 0 saturated heterocycles. The van der Waals surface area contributed by atoms with E-state index >= 15 is 0 Å².